The van der Waals surface area contributed by atoms with Gasteiger partial charge in [-0.3, -0.25) is 4.68 Å². The van der Waals surface area contributed by atoms with E-state index in [-0.39, 0.29) is 0 Å². The molecule has 1 aromatic rings. The third kappa shape index (κ3) is 1.38. The molecule has 0 saturated carbocycles. The van der Waals surface area contributed by atoms with Crippen molar-refractivity contribution in [2.24, 2.45) is 7.05 Å². The molecule has 0 fully saturated rings. The zero-order valence-corrected chi connectivity index (χ0v) is 7.31. The van der Waals surface area contributed by atoms with E-state index in [0.717, 1.165) is 11.3 Å². The number of rotatable bonds is 1. The van der Waals surface area contributed by atoms with E-state index in [1.165, 1.54) is 0 Å². The number of hydrogen-bond acceptors (Lipinski definition) is 1. The average Bonchev–Trinajstić information content (AvgIpc) is 2.17. The molecule has 0 radical (unpaired) electrons. The third-order valence-corrected chi connectivity index (χ3v) is 2.02. The van der Waals surface area contributed by atoms with Crippen LogP contribution in [0.3, 0.4) is 0 Å². The molecule has 0 saturated heterocycles. The Morgan fingerprint density at radius 2 is 2.36 bits per heavy atom. The summed E-state index contributed by atoms with van der Waals surface area (Å²) in [6, 6.07) is 0. The second-order valence-electron chi connectivity index (χ2n) is 2.36. The number of halogens is 1. The van der Waals surface area contributed by atoms with Crippen molar-refractivity contribution in [2.45, 2.75) is 13.3 Å². The lowest BCUT2D eigenvalue weighted by molar-refractivity contribution is 0.757. The molecule has 0 aromatic carbocycles. The highest BCUT2D eigenvalue weighted by atomic mass is 35.5. The van der Waals surface area contributed by atoms with Crippen molar-refractivity contribution in [3.8, 4) is 12.3 Å². The van der Waals surface area contributed by atoms with Crippen molar-refractivity contribution in [1.29, 1.82) is 0 Å². The van der Waals surface area contributed by atoms with Crippen LogP contribution in [-0.4, -0.2) is 9.78 Å². The van der Waals surface area contributed by atoms with Gasteiger partial charge in [0.25, 0.3) is 0 Å². The molecular weight excluding hydrogens is 160 g/mol. The average molecular weight is 169 g/mol. The monoisotopic (exact) mass is 168 g/mol. The second-order valence-corrected chi connectivity index (χ2v) is 2.72. The van der Waals surface area contributed by atoms with Crippen molar-refractivity contribution in [3.63, 3.8) is 0 Å². The maximum absolute atomic E-state index is 5.90. The molecule has 1 aromatic heterocycles. The minimum absolute atomic E-state index is 0.554. The largest absolute Gasteiger partial charge is 0.257 e. The first-order chi connectivity index (χ1) is 5.16. The zero-order valence-electron chi connectivity index (χ0n) is 6.56. The zero-order chi connectivity index (χ0) is 8.43. The molecule has 2 nitrogen and oxygen atoms in total. The molecule has 11 heavy (non-hydrogen) atoms. The van der Waals surface area contributed by atoms with Gasteiger partial charge in [0.05, 0.1) is 5.69 Å². The van der Waals surface area contributed by atoms with Gasteiger partial charge >= 0.3 is 0 Å². The fourth-order valence-corrected chi connectivity index (χ4v) is 1.22. The van der Waals surface area contributed by atoms with Crippen LogP contribution in [0, 0.1) is 19.3 Å². The summed E-state index contributed by atoms with van der Waals surface area (Å²) in [6.45, 7) is 1.90. The van der Waals surface area contributed by atoms with Gasteiger partial charge < -0.3 is 0 Å². The van der Waals surface area contributed by atoms with Crippen LogP contribution in [0.25, 0.3) is 0 Å². The van der Waals surface area contributed by atoms with Crippen LogP contribution in [0.1, 0.15) is 11.3 Å². The van der Waals surface area contributed by atoms with Crippen LogP contribution in [0.4, 0.5) is 0 Å². The predicted octanol–water partition coefficient (Wildman–Crippen LogP) is 1.56. The number of aryl methyl sites for hydroxylation is 2. The van der Waals surface area contributed by atoms with Crippen molar-refractivity contribution in [3.05, 3.63) is 16.4 Å². The summed E-state index contributed by atoms with van der Waals surface area (Å²) >= 11 is 5.90. The van der Waals surface area contributed by atoms with Gasteiger partial charge in [-0.1, -0.05) is 11.6 Å². The van der Waals surface area contributed by atoms with Crippen LogP contribution >= 0.6 is 11.6 Å². The molecule has 0 N–H and O–H groups in total. The van der Waals surface area contributed by atoms with Gasteiger partial charge in [0, 0.05) is 19.0 Å². The number of aromatic nitrogens is 2. The van der Waals surface area contributed by atoms with E-state index >= 15 is 0 Å². The Morgan fingerprint density at radius 1 is 1.73 bits per heavy atom. The van der Waals surface area contributed by atoms with Crippen molar-refractivity contribution in [2.75, 3.05) is 0 Å². The SMILES string of the molecule is C#CCc1c(C)nn(C)c1Cl. The molecule has 0 aliphatic rings. The molecule has 58 valence electrons. The Kier molecular flexibility index (Phi) is 2.21. The molecule has 0 aliphatic carbocycles. The third-order valence-electron chi connectivity index (χ3n) is 1.55. The number of hydrogen-bond donors (Lipinski definition) is 0. The quantitative estimate of drug-likeness (QED) is 0.582. The maximum atomic E-state index is 5.90. The smallest absolute Gasteiger partial charge is 0.131 e. The molecule has 0 amide bonds. The van der Waals surface area contributed by atoms with Crippen molar-refractivity contribution < 1.29 is 0 Å². The molecule has 0 unspecified atom stereocenters. The topological polar surface area (TPSA) is 17.8 Å². The fraction of sp³-hybridized carbons (Fsp3) is 0.375. The van der Waals surface area contributed by atoms with Gasteiger partial charge in [-0.05, 0) is 6.92 Å². The highest BCUT2D eigenvalue weighted by Crippen LogP contribution is 2.18. The van der Waals surface area contributed by atoms with Gasteiger partial charge in [0.1, 0.15) is 5.15 Å². The van der Waals surface area contributed by atoms with Gasteiger partial charge in [0.15, 0.2) is 0 Å². The lowest BCUT2D eigenvalue weighted by atomic mass is 10.2. The summed E-state index contributed by atoms with van der Waals surface area (Å²) in [5.41, 5.74) is 1.87. The van der Waals surface area contributed by atoms with E-state index in [1.54, 1.807) is 11.7 Å². The molecular formula is C8H9ClN2. The molecule has 0 aliphatic heterocycles. The summed E-state index contributed by atoms with van der Waals surface area (Å²) in [7, 11) is 1.80. The Balaban J connectivity index is 3.14. The van der Waals surface area contributed by atoms with E-state index in [2.05, 4.69) is 11.0 Å². The van der Waals surface area contributed by atoms with Crippen LogP contribution < -0.4 is 0 Å². The summed E-state index contributed by atoms with van der Waals surface area (Å²) in [6.07, 6.45) is 5.72. The summed E-state index contributed by atoms with van der Waals surface area (Å²) in [4.78, 5) is 0. The lowest BCUT2D eigenvalue weighted by Crippen LogP contribution is -1.89. The Morgan fingerprint density at radius 3 is 2.73 bits per heavy atom. The molecule has 1 rings (SSSR count). The lowest BCUT2D eigenvalue weighted by Gasteiger charge is -1.91. The predicted molar refractivity (Wildman–Crippen MR) is 45.5 cm³/mol. The Bertz CT molecular complexity index is 307. The van der Waals surface area contributed by atoms with E-state index in [9.17, 15) is 0 Å². The standard InChI is InChI=1S/C8H9ClN2/c1-4-5-7-6(2)10-11(3)8(7)9/h1H,5H2,2-3H3. The van der Waals surface area contributed by atoms with Crippen LogP contribution in [0.5, 0.6) is 0 Å². The van der Waals surface area contributed by atoms with Crippen LogP contribution in [-0.2, 0) is 13.5 Å². The highest BCUT2D eigenvalue weighted by molar-refractivity contribution is 6.30. The van der Waals surface area contributed by atoms with Crippen LogP contribution in [0.2, 0.25) is 5.15 Å². The van der Waals surface area contributed by atoms with Crippen molar-refractivity contribution in [1.82, 2.24) is 9.78 Å². The maximum Gasteiger partial charge on any atom is 0.131 e. The van der Waals surface area contributed by atoms with E-state index < -0.39 is 0 Å². The summed E-state index contributed by atoms with van der Waals surface area (Å²) in [5.74, 6) is 2.54. The Hall–Kier alpha value is -0.940. The second kappa shape index (κ2) is 2.98. The Labute approximate surface area is 71.2 Å². The minimum atomic E-state index is 0.554. The van der Waals surface area contributed by atoms with Gasteiger partial charge in [-0.25, -0.2) is 0 Å². The molecule has 3 heteroatoms. The molecule has 0 atom stereocenters. The van der Waals surface area contributed by atoms with E-state index in [0.29, 0.717) is 11.6 Å². The minimum Gasteiger partial charge on any atom is -0.257 e. The molecule has 0 spiro atoms. The fourth-order valence-electron chi connectivity index (χ4n) is 0.977. The first-order valence-corrected chi connectivity index (χ1v) is 3.66. The first-order valence-electron chi connectivity index (χ1n) is 3.28. The first kappa shape index (κ1) is 8.16. The normalized spacial score (nSPS) is 9.64. The molecule has 0 bridgehead atoms. The molecule has 1 heterocycles. The number of terminal acetylenes is 1. The summed E-state index contributed by atoms with van der Waals surface area (Å²) < 4.78 is 1.63. The number of nitrogens with zero attached hydrogens (tertiary/aromatic N) is 2. The van der Waals surface area contributed by atoms with E-state index in [4.69, 9.17) is 18.0 Å². The van der Waals surface area contributed by atoms with E-state index in [1.807, 2.05) is 6.92 Å². The van der Waals surface area contributed by atoms with Gasteiger partial charge in [0.2, 0.25) is 0 Å². The van der Waals surface area contributed by atoms with Crippen molar-refractivity contribution >= 4 is 11.6 Å². The van der Waals surface area contributed by atoms with Crippen LogP contribution in [0.15, 0.2) is 0 Å². The summed E-state index contributed by atoms with van der Waals surface area (Å²) in [5, 5.41) is 4.76. The van der Waals surface area contributed by atoms with Gasteiger partial charge in [-0.2, -0.15) is 5.10 Å². The van der Waals surface area contributed by atoms with Gasteiger partial charge in [-0.15, -0.1) is 12.3 Å². The highest BCUT2D eigenvalue weighted by Gasteiger charge is 2.08.